The quantitative estimate of drug-likeness (QED) is 0.662. The molecular weight excluding hydrogens is 404 g/mol. The third kappa shape index (κ3) is 4.33. The van der Waals surface area contributed by atoms with Crippen molar-refractivity contribution in [1.82, 2.24) is 14.8 Å². The zero-order valence-corrected chi connectivity index (χ0v) is 18.1. The number of carbonyl (C=O) groups is 2. The fraction of sp³-hybridized carbons (Fsp3) is 0.400. The third-order valence-corrected chi connectivity index (χ3v) is 6.62. The lowest BCUT2D eigenvalue weighted by atomic mass is 9.92. The second-order valence-corrected chi connectivity index (χ2v) is 8.68. The van der Waals surface area contributed by atoms with Crippen LogP contribution in [0.4, 0.5) is 10.5 Å². The predicted molar refractivity (Wildman–Crippen MR) is 122 cm³/mol. The van der Waals surface area contributed by atoms with Crippen LogP contribution in [0.3, 0.4) is 0 Å². The Morgan fingerprint density at radius 2 is 1.50 bits per heavy atom. The molecule has 2 fully saturated rings. The van der Waals surface area contributed by atoms with E-state index in [9.17, 15) is 9.59 Å². The molecule has 1 N–H and O–H groups in total. The Morgan fingerprint density at radius 1 is 0.844 bits per heavy atom. The highest BCUT2D eigenvalue weighted by Crippen LogP contribution is 2.31. The van der Waals surface area contributed by atoms with Crippen LogP contribution in [0.2, 0.25) is 0 Å². The van der Waals surface area contributed by atoms with Crippen molar-refractivity contribution in [3.8, 4) is 0 Å². The van der Waals surface area contributed by atoms with Crippen molar-refractivity contribution in [1.29, 1.82) is 0 Å². The summed E-state index contributed by atoms with van der Waals surface area (Å²) in [5, 5.41) is 2.93. The number of rotatable bonds is 3. The molecule has 0 aliphatic carbocycles. The van der Waals surface area contributed by atoms with Crippen LogP contribution in [-0.2, 0) is 4.79 Å². The van der Waals surface area contributed by atoms with Gasteiger partial charge in [-0.1, -0.05) is 30.3 Å². The van der Waals surface area contributed by atoms with Crippen molar-refractivity contribution in [3.05, 3.63) is 60.5 Å². The molecule has 0 spiro atoms. The Morgan fingerprint density at radius 3 is 2.22 bits per heavy atom. The highest BCUT2D eigenvalue weighted by molar-refractivity contribution is 5.89. The minimum Gasteiger partial charge on any atom is -0.440 e. The first kappa shape index (κ1) is 20.5. The number of hydrogen-bond acceptors (Lipinski definition) is 4. The summed E-state index contributed by atoms with van der Waals surface area (Å²) in [6.07, 6.45) is 3.17. The average Bonchev–Trinajstić information content (AvgIpc) is 3.29. The van der Waals surface area contributed by atoms with Gasteiger partial charge >= 0.3 is 6.03 Å². The second-order valence-electron chi connectivity index (χ2n) is 8.68. The van der Waals surface area contributed by atoms with E-state index in [0.29, 0.717) is 25.9 Å². The first-order chi connectivity index (χ1) is 15.7. The first-order valence-corrected chi connectivity index (χ1v) is 11.4. The average molecular weight is 433 g/mol. The van der Waals surface area contributed by atoms with Crippen molar-refractivity contribution in [2.75, 3.05) is 31.5 Å². The van der Waals surface area contributed by atoms with E-state index < -0.39 is 0 Å². The number of amides is 3. The Balaban J connectivity index is 1.11. The molecule has 1 aromatic heterocycles. The molecular formula is C25H28N4O3. The molecule has 3 amide bonds. The van der Waals surface area contributed by atoms with Gasteiger partial charge in [-0.15, -0.1) is 0 Å². The molecule has 0 unspecified atom stereocenters. The topological polar surface area (TPSA) is 78.7 Å². The molecule has 0 saturated carbocycles. The molecule has 3 aromatic rings. The number of para-hydroxylation sites is 3. The SMILES string of the molecule is O=C(Nc1ccccc1)N1CCC(C(=O)N2CCC(c3nc4ccccc4o3)CC2)CC1. The van der Waals surface area contributed by atoms with Crippen LogP contribution in [0.15, 0.2) is 59.0 Å². The second kappa shape index (κ2) is 9.02. The van der Waals surface area contributed by atoms with Gasteiger partial charge in [0.15, 0.2) is 11.5 Å². The van der Waals surface area contributed by atoms with Gasteiger partial charge in [0.1, 0.15) is 5.52 Å². The van der Waals surface area contributed by atoms with Gasteiger partial charge in [-0.3, -0.25) is 4.79 Å². The summed E-state index contributed by atoms with van der Waals surface area (Å²) in [5.41, 5.74) is 2.51. The van der Waals surface area contributed by atoms with Crippen molar-refractivity contribution in [3.63, 3.8) is 0 Å². The number of carbonyl (C=O) groups excluding carboxylic acids is 2. The van der Waals surface area contributed by atoms with Crippen molar-refractivity contribution >= 4 is 28.7 Å². The number of fused-ring (bicyclic) bond motifs is 1. The summed E-state index contributed by atoms with van der Waals surface area (Å²) in [6, 6.07) is 17.2. The Kier molecular flexibility index (Phi) is 5.79. The molecule has 7 heteroatoms. The summed E-state index contributed by atoms with van der Waals surface area (Å²) >= 11 is 0. The van der Waals surface area contributed by atoms with Crippen LogP contribution in [-0.4, -0.2) is 52.9 Å². The van der Waals surface area contributed by atoms with E-state index in [4.69, 9.17) is 4.42 Å². The van der Waals surface area contributed by atoms with Gasteiger partial charge in [0.25, 0.3) is 0 Å². The van der Waals surface area contributed by atoms with Gasteiger partial charge in [-0.05, 0) is 49.9 Å². The molecule has 2 saturated heterocycles. The van der Waals surface area contributed by atoms with E-state index >= 15 is 0 Å². The maximum absolute atomic E-state index is 13.1. The van der Waals surface area contributed by atoms with Gasteiger partial charge in [-0.25, -0.2) is 9.78 Å². The monoisotopic (exact) mass is 432 g/mol. The van der Waals surface area contributed by atoms with Crippen LogP contribution in [0.25, 0.3) is 11.1 Å². The third-order valence-electron chi connectivity index (χ3n) is 6.62. The molecule has 7 nitrogen and oxygen atoms in total. The van der Waals surface area contributed by atoms with Crippen LogP contribution in [0.5, 0.6) is 0 Å². The van der Waals surface area contributed by atoms with Crippen LogP contribution >= 0.6 is 0 Å². The predicted octanol–water partition coefficient (Wildman–Crippen LogP) is 4.48. The smallest absolute Gasteiger partial charge is 0.321 e. The van der Waals surface area contributed by atoms with Crippen LogP contribution in [0.1, 0.15) is 37.5 Å². The first-order valence-electron chi connectivity index (χ1n) is 11.4. The number of piperidine rings is 2. The number of urea groups is 1. The lowest BCUT2D eigenvalue weighted by Crippen LogP contribution is -2.47. The van der Waals surface area contributed by atoms with E-state index in [1.54, 1.807) is 4.90 Å². The standard InChI is InChI=1S/C25H28N4O3/c30-24(19-12-16-29(17-13-19)25(31)26-20-6-2-1-3-7-20)28-14-10-18(11-15-28)23-27-21-8-4-5-9-22(21)32-23/h1-9,18-19H,10-17H2,(H,26,31). The van der Waals surface area contributed by atoms with E-state index in [1.165, 1.54) is 0 Å². The number of aromatic nitrogens is 1. The van der Waals surface area contributed by atoms with Gasteiger partial charge in [-0.2, -0.15) is 0 Å². The number of anilines is 1. The fourth-order valence-electron chi connectivity index (χ4n) is 4.72. The number of oxazole rings is 1. The summed E-state index contributed by atoms with van der Waals surface area (Å²) in [6.45, 7) is 2.68. The molecule has 32 heavy (non-hydrogen) atoms. The summed E-state index contributed by atoms with van der Waals surface area (Å²) in [4.78, 5) is 34.0. The number of hydrogen-bond donors (Lipinski definition) is 1. The minimum atomic E-state index is -0.0961. The Hall–Kier alpha value is -3.35. The largest absolute Gasteiger partial charge is 0.440 e. The van der Waals surface area contributed by atoms with Crippen molar-refractivity contribution in [2.45, 2.75) is 31.6 Å². The molecule has 0 radical (unpaired) electrons. The molecule has 2 aliphatic rings. The van der Waals surface area contributed by atoms with Gasteiger partial charge < -0.3 is 19.5 Å². The van der Waals surface area contributed by atoms with Crippen molar-refractivity contribution < 1.29 is 14.0 Å². The molecule has 0 bridgehead atoms. The Bertz CT molecular complexity index is 1050. The molecule has 2 aliphatic heterocycles. The van der Waals surface area contributed by atoms with Gasteiger partial charge in [0.2, 0.25) is 5.91 Å². The van der Waals surface area contributed by atoms with Crippen LogP contribution < -0.4 is 5.32 Å². The van der Waals surface area contributed by atoms with Crippen LogP contribution in [0, 0.1) is 5.92 Å². The highest BCUT2D eigenvalue weighted by atomic mass is 16.3. The zero-order chi connectivity index (χ0) is 21.9. The molecule has 2 aromatic carbocycles. The number of nitrogens with zero attached hydrogens (tertiary/aromatic N) is 3. The summed E-state index contributed by atoms with van der Waals surface area (Å²) in [5.74, 6) is 1.27. The molecule has 166 valence electrons. The maximum atomic E-state index is 13.1. The molecule has 5 rings (SSSR count). The number of benzene rings is 2. The summed E-state index contributed by atoms with van der Waals surface area (Å²) < 4.78 is 5.94. The molecule has 3 heterocycles. The van der Waals surface area contributed by atoms with E-state index in [-0.39, 0.29) is 23.8 Å². The highest BCUT2D eigenvalue weighted by Gasteiger charge is 2.33. The maximum Gasteiger partial charge on any atom is 0.321 e. The van der Waals surface area contributed by atoms with Crippen molar-refractivity contribution in [2.24, 2.45) is 5.92 Å². The van der Waals surface area contributed by atoms with Gasteiger partial charge in [0, 0.05) is 43.7 Å². The lowest BCUT2D eigenvalue weighted by Gasteiger charge is -2.36. The normalized spacial score (nSPS) is 18.1. The van der Waals surface area contributed by atoms with E-state index in [2.05, 4.69) is 10.3 Å². The lowest BCUT2D eigenvalue weighted by molar-refractivity contribution is -0.138. The minimum absolute atomic E-state index is 0.00310. The summed E-state index contributed by atoms with van der Waals surface area (Å²) in [7, 11) is 0. The van der Waals surface area contributed by atoms with E-state index in [1.807, 2.05) is 59.5 Å². The van der Waals surface area contributed by atoms with Gasteiger partial charge in [0.05, 0.1) is 0 Å². The molecule has 0 atom stereocenters. The fourth-order valence-corrected chi connectivity index (χ4v) is 4.72. The zero-order valence-electron chi connectivity index (χ0n) is 18.1. The Labute approximate surface area is 187 Å². The van der Waals surface area contributed by atoms with E-state index in [0.717, 1.165) is 48.6 Å². The number of nitrogens with one attached hydrogen (secondary N) is 1. The number of likely N-dealkylation sites (tertiary alicyclic amines) is 2.